The summed E-state index contributed by atoms with van der Waals surface area (Å²) in [6.07, 6.45) is 4.13. The second-order valence-corrected chi connectivity index (χ2v) is 8.56. The van der Waals surface area contributed by atoms with Crippen molar-refractivity contribution in [1.82, 2.24) is 9.13 Å². The van der Waals surface area contributed by atoms with Gasteiger partial charge in [0, 0.05) is 38.8 Å². The van der Waals surface area contributed by atoms with Gasteiger partial charge < -0.3 is 9.13 Å². The van der Waals surface area contributed by atoms with Crippen LogP contribution in [-0.2, 0) is 6.42 Å². The highest BCUT2D eigenvalue weighted by Gasteiger charge is 2.20. The Bertz CT molecular complexity index is 1620. The van der Waals surface area contributed by atoms with Gasteiger partial charge in [-0.05, 0) is 48.9 Å². The van der Waals surface area contributed by atoms with Crippen molar-refractivity contribution in [2.75, 3.05) is 0 Å². The fraction of sp³-hybridized carbons (Fsp3) is 0.0968. The molecule has 2 heterocycles. The molecule has 6 aromatic rings. The maximum Gasteiger partial charge on any atom is 0.0562 e. The van der Waals surface area contributed by atoms with Crippen LogP contribution in [0.3, 0.4) is 0 Å². The van der Waals surface area contributed by atoms with Gasteiger partial charge >= 0.3 is 0 Å². The van der Waals surface area contributed by atoms with E-state index in [9.17, 15) is 0 Å². The molecule has 0 aliphatic heterocycles. The SMILES string of the molecule is C=Cc1c(CCC)n(-c2ccccc2)c2cc3c(cc12)c1ccccc1n3-c1ccccc1. The fourth-order valence-corrected chi connectivity index (χ4v) is 5.26. The summed E-state index contributed by atoms with van der Waals surface area (Å²) in [5.74, 6) is 0. The quantitative estimate of drug-likeness (QED) is 0.262. The zero-order valence-electron chi connectivity index (χ0n) is 18.8. The van der Waals surface area contributed by atoms with Gasteiger partial charge in [-0.2, -0.15) is 0 Å². The van der Waals surface area contributed by atoms with E-state index in [1.54, 1.807) is 0 Å². The molecule has 0 N–H and O–H groups in total. The summed E-state index contributed by atoms with van der Waals surface area (Å²) in [5.41, 5.74) is 8.63. The lowest BCUT2D eigenvalue weighted by atomic mass is 10.1. The first-order valence-electron chi connectivity index (χ1n) is 11.7. The van der Waals surface area contributed by atoms with Gasteiger partial charge in [0.2, 0.25) is 0 Å². The molecule has 2 heteroatoms. The predicted octanol–water partition coefficient (Wildman–Crippen LogP) is 8.32. The Labute approximate surface area is 194 Å². The lowest BCUT2D eigenvalue weighted by Crippen LogP contribution is -2.01. The summed E-state index contributed by atoms with van der Waals surface area (Å²) >= 11 is 0. The van der Waals surface area contributed by atoms with E-state index < -0.39 is 0 Å². The Morgan fingerprint density at radius 1 is 0.636 bits per heavy atom. The molecule has 0 aliphatic rings. The van der Waals surface area contributed by atoms with E-state index in [0.717, 1.165) is 12.8 Å². The van der Waals surface area contributed by atoms with E-state index in [-0.39, 0.29) is 0 Å². The number of hydrogen-bond donors (Lipinski definition) is 0. The number of aromatic nitrogens is 2. The maximum absolute atomic E-state index is 4.21. The van der Waals surface area contributed by atoms with E-state index in [0.29, 0.717) is 0 Å². The molecule has 0 spiro atoms. The highest BCUT2D eigenvalue weighted by Crippen LogP contribution is 2.39. The van der Waals surface area contributed by atoms with Crippen LogP contribution in [0.4, 0.5) is 0 Å². The third-order valence-corrected chi connectivity index (χ3v) is 6.62. The first-order valence-corrected chi connectivity index (χ1v) is 11.7. The summed E-state index contributed by atoms with van der Waals surface area (Å²) in [6.45, 7) is 6.45. The number of nitrogens with zero attached hydrogens (tertiary/aromatic N) is 2. The molecular formula is C31H26N2. The lowest BCUT2D eigenvalue weighted by molar-refractivity contribution is 0.851. The Kier molecular flexibility index (Phi) is 4.66. The molecule has 0 unspecified atom stereocenters. The van der Waals surface area contributed by atoms with E-state index >= 15 is 0 Å². The van der Waals surface area contributed by atoms with Crippen LogP contribution in [0.15, 0.2) is 104 Å². The van der Waals surface area contributed by atoms with E-state index in [4.69, 9.17) is 0 Å². The van der Waals surface area contributed by atoms with Gasteiger partial charge in [0.25, 0.3) is 0 Å². The third-order valence-electron chi connectivity index (χ3n) is 6.62. The normalized spacial score (nSPS) is 11.5. The Morgan fingerprint density at radius 3 is 1.91 bits per heavy atom. The minimum atomic E-state index is 1.01. The van der Waals surface area contributed by atoms with Gasteiger partial charge in [0.15, 0.2) is 0 Å². The van der Waals surface area contributed by atoms with Crippen LogP contribution in [0.25, 0.3) is 50.2 Å². The van der Waals surface area contributed by atoms with Gasteiger partial charge in [-0.15, -0.1) is 0 Å². The molecule has 6 rings (SSSR count). The first-order chi connectivity index (χ1) is 16.3. The molecule has 2 aromatic heterocycles. The van der Waals surface area contributed by atoms with Crippen LogP contribution < -0.4 is 0 Å². The molecule has 33 heavy (non-hydrogen) atoms. The second-order valence-electron chi connectivity index (χ2n) is 8.56. The van der Waals surface area contributed by atoms with Crippen LogP contribution in [0.2, 0.25) is 0 Å². The fourth-order valence-electron chi connectivity index (χ4n) is 5.26. The van der Waals surface area contributed by atoms with Crippen molar-refractivity contribution >= 4 is 38.8 Å². The number of benzene rings is 4. The average molecular weight is 427 g/mol. The minimum Gasteiger partial charge on any atom is -0.313 e. The smallest absolute Gasteiger partial charge is 0.0562 e. The van der Waals surface area contributed by atoms with Gasteiger partial charge in [-0.25, -0.2) is 0 Å². The lowest BCUT2D eigenvalue weighted by Gasteiger charge is -2.12. The minimum absolute atomic E-state index is 1.01. The first kappa shape index (κ1) is 19.6. The monoisotopic (exact) mass is 426 g/mol. The molecule has 0 saturated carbocycles. The highest BCUT2D eigenvalue weighted by molar-refractivity contribution is 6.14. The van der Waals surface area contributed by atoms with Crippen molar-refractivity contribution in [3.63, 3.8) is 0 Å². The van der Waals surface area contributed by atoms with E-state index in [1.807, 2.05) is 6.08 Å². The topological polar surface area (TPSA) is 9.86 Å². The Balaban J connectivity index is 1.81. The van der Waals surface area contributed by atoms with Gasteiger partial charge in [-0.1, -0.05) is 80.6 Å². The van der Waals surface area contributed by atoms with Crippen LogP contribution >= 0.6 is 0 Å². The second kappa shape index (κ2) is 7.83. The number of fused-ring (bicyclic) bond motifs is 4. The summed E-state index contributed by atoms with van der Waals surface area (Å²) in [5, 5.41) is 3.82. The van der Waals surface area contributed by atoms with Crippen molar-refractivity contribution in [1.29, 1.82) is 0 Å². The summed E-state index contributed by atoms with van der Waals surface area (Å²) in [4.78, 5) is 0. The van der Waals surface area contributed by atoms with Crippen LogP contribution in [-0.4, -0.2) is 9.13 Å². The molecule has 160 valence electrons. The van der Waals surface area contributed by atoms with Gasteiger partial charge in [-0.3, -0.25) is 0 Å². The Hall–Kier alpha value is -4.04. The van der Waals surface area contributed by atoms with Crippen molar-refractivity contribution in [2.24, 2.45) is 0 Å². The molecule has 0 bridgehead atoms. The van der Waals surface area contributed by atoms with Crippen LogP contribution in [0.1, 0.15) is 24.6 Å². The molecule has 0 saturated heterocycles. The summed E-state index contributed by atoms with van der Waals surface area (Å²) in [7, 11) is 0. The van der Waals surface area contributed by atoms with Gasteiger partial charge in [0.1, 0.15) is 0 Å². The molecule has 2 nitrogen and oxygen atoms in total. The van der Waals surface area contributed by atoms with E-state index in [1.165, 1.54) is 55.3 Å². The maximum atomic E-state index is 4.21. The van der Waals surface area contributed by atoms with Crippen LogP contribution in [0, 0.1) is 0 Å². The molecule has 4 aromatic carbocycles. The largest absolute Gasteiger partial charge is 0.313 e. The standard InChI is InChI=1S/C31H26N2/c1-3-13-28-24(4-2)26-20-27-25-18-11-12-19-29(25)33(23-16-9-6-10-17-23)31(27)21-30(26)32(28)22-14-7-5-8-15-22/h4-12,14-21H,2-3,13H2,1H3. The van der Waals surface area contributed by atoms with Crippen molar-refractivity contribution < 1.29 is 0 Å². The van der Waals surface area contributed by atoms with Gasteiger partial charge in [0.05, 0.1) is 16.6 Å². The zero-order valence-corrected chi connectivity index (χ0v) is 18.8. The molecule has 0 amide bonds. The summed E-state index contributed by atoms with van der Waals surface area (Å²) in [6, 6.07) is 34.8. The summed E-state index contributed by atoms with van der Waals surface area (Å²) < 4.78 is 4.82. The van der Waals surface area contributed by atoms with Crippen LogP contribution in [0.5, 0.6) is 0 Å². The molecule has 0 radical (unpaired) electrons. The molecular weight excluding hydrogens is 400 g/mol. The average Bonchev–Trinajstić information content (AvgIpc) is 3.35. The van der Waals surface area contributed by atoms with Crippen molar-refractivity contribution in [3.8, 4) is 11.4 Å². The number of hydrogen-bond acceptors (Lipinski definition) is 0. The number of rotatable bonds is 5. The predicted molar refractivity (Wildman–Crippen MR) is 142 cm³/mol. The van der Waals surface area contributed by atoms with Crippen molar-refractivity contribution in [3.05, 3.63) is 115 Å². The Morgan fingerprint density at radius 2 is 1.24 bits per heavy atom. The molecule has 0 fully saturated rings. The van der Waals surface area contributed by atoms with Crippen molar-refractivity contribution in [2.45, 2.75) is 19.8 Å². The zero-order chi connectivity index (χ0) is 22.4. The highest BCUT2D eigenvalue weighted by atomic mass is 15.0. The molecule has 0 aliphatic carbocycles. The van der Waals surface area contributed by atoms with E-state index in [2.05, 4.69) is 120 Å². The molecule has 0 atom stereocenters. The number of para-hydroxylation sites is 3. The third kappa shape index (κ3) is 2.95.